The van der Waals surface area contributed by atoms with Crippen LogP contribution < -0.4 is 5.32 Å². The number of urea groups is 1. The van der Waals surface area contributed by atoms with Crippen LogP contribution in [0.4, 0.5) is 4.79 Å². The lowest BCUT2D eigenvalue weighted by Gasteiger charge is -2.38. The Bertz CT molecular complexity index is 450. The molecule has 0 aromatic heterocycles. The van der Waals surface area contributed by atoms with Gasteiger partial charge in [-0.15, -0.1) is 6.58 Å². The fourth-order valence-corrected chi connectivity index (χ4v) is 3.61. The number of hydrogen-bond acceptors (Lipinski definition) is 3. The van der Waals surface area contributed by atoms with E-state index in [2.05, 4.69) is 30.6 Å². The molecule has 3 unspecified atom stereocenters. The summed E-state index contributed by atoms with van der Waals surface area (Å²) in [6.45, 7) is 15.1. The summed E-state index contributed by atoms with van der Waals surface area (Å²) in [4.78, 5) is 30.6. The lowest BCUT2D eigenvalue weighted by Crippen LogP contribution is -2.55. The lowest BCUT2D eigenvalue weighted by atomic mass is 9.92. The summed E-state index contributed by atoms with van der Waals surface area (Å²) in [7, 11) is 0. The quantitative estimate of drug-likeness (QED) is 0.790. The number of rotatable bonds is 4. The van der Waals surface area contributed by atoms with Crippen molar-refractivity contribution < 1.29 is 9.59 Å². The molecule has 1 N–H and O–H groups in total. The zero-order valence-electron chi connectivity index (χ0n) is 15.3. The zero-order valence-corrected chi connectivity index (χ0v) is 15.3. The van der Waals surface area contributed by atoms with E-state index in [1.165, 1.54) is 6.42 Å². The van der Waals surface area contributed by atoms with Gasteiger partial charge in [0.2, 0.25) is 5.91 Å². The van der Waals surface area contributed by atoms with E-state index in [0.29, 0.717) is 31.5 Å². The van der Waals surface area contributed by atoms with Gasteiger partial charge in [-0.1, -0.05) is 19.9 Å². The van der Waals surface area contributed by atoms with Crippen LogP contribution in [0.1, 0.15) is 27.2 Å². The van der Waals surface area contributed by atoms with Gasteiger partial charge in [-0.05, 0) is 25.2 Å². The molecule has 2 rings (SSSR count). The molecule has 2 saturated heterocycles. The average molecular weight is 336 g/mol. The Balaban J connectivity index is 1.75. The van der Waals surface area contributed by atoms with Crippen LogP contribution >= 0.6 is 0 Å². The van der Waals surface area contributed by atoms with Crippen molar-refractivity contribution in [2.45, 2.75) is 33.2 Å². The van der Waals surface area contributed by atoms with Crippen molar-refractivity contribution in [1.82, 2.24) is 20.0 Å². The molecule has 3 atom stereocenters. The van der Waals surface area contributed by atoms with E-state index >= 15 is 0 Å². The maximum Gasteiger partial charge on any atom is 0.317 e. The molecule has 0 aromatic rings. The van der Waals surface area contributed by atoms with Crippen LogP contribution in [-0.4, -0.2) is 78.5 Å². The highest BCUT2D eigenvalue weighted by molar-refractivity contribution is 5.78. The molecule has 24 heavy (non-hydrogen) atoms. The summed E-state index contributed by atoms with van der Waals surface area (Å²) in [6.07, 6.45) is 2.92. The molecule has 0 aromatic carbocycles. The minimum absolute atomic E-state index is 0.0276. The van der Waals surface area contributed by atoms with Crippen molar-refractivity contribution in [3.63, 3.8) is 0 Å². The fourth-order valence-electron chi connectivity index (χ4n) is 3.61. The van der Waals surface area contributed by atoms with Gasteiger partial charge in [-0.2, -0.15) is 0 Å². The first kappa shape index (κ1) is 18.8. The molecule has 2 heterocycles. The topological polar surface area (TPSA) is 55.9 Å². The van der Waals surface area contributed by atoms with Crippen LogP contribution in [0, 0.1) is 11.8 Å². The average Bonchev–Trinajstić information content (AvgIpc) is 2.54. The van der Waals surface area contributed by atoms with Crippen molar-refractivity contribution in [1.29, 1.82) is 0 Å². The Labute approximate surface area is 145 Å². The van der Waals surface area contributed by atoms with Gasteiger partial charge in [0.05, 0.1) is 6.54 Å². The maximum absolute atomic E-state index is 12.5. The van der Waals surface area contributed by atoms with Gasteiger partial charge in [0, 0.05) is 45.3 Å². The summed E-state index contributed by atoms with van der Waals surface area (Å²) in [5, 5.41) is 2.89. The van der Waals surface area contributed by atoms with E-state index in [1.807, 2.05) is 16.7 Å². The predicted octanol–water partition coefficient (Wildman–Crippen LogP) is 1.39. The van der Waals surface area contributed by atoms with Crippen molar-refractivity contribution in [3.05, 3.63) is 12.7 Å². The summed E-state index contributed by atoms with van der Waals surface area (Å²) in [5.74, 6) is 1.40. The third-order valence-corrected chi connectivity index (χ3v) is 4.94. The Morgan fingerprint density at radius 2 is 1.71 bits per heavy atom. The van der Waals surface area contributed by atoms with Gasteiger partial charge in [-0.3, -0.25) is 9.69 Å². The number of likely N-dealkylation sites (tertiary alicyclic amines) is 1. The largest absolute Gasteiger partial charge is 0.341 e. The highest BCUT2D eigenvalue weighted by Gasteiger charge is 2.28. The highest BCUT2D eigenvalue weighted by atomic mass is 16.2. The number of nitrogens with one attached hydrogen (secondary N) is 1. The second-order valence-corrected chi connectivity index (χ2v) is 7.48. The van der Waals surface area contributed by atoms with Gasteiger partial charge >= 0.3 is 6.03 Å². The number of carbonyl (C=O) groups is 2. The molecule has 2 aliphatic rings. The molecule has 6 heteroatoms. The molecular formula is C18H32N4O2. The molecule has 0 saturated carbocycles. The number of piperidine rings is 1. The molecule has 0 aliphatic carbocycles. The predicted molar refractivity (Wildman–Crippen MR) is 95.7 cm³/mol. The third-order valence-electron chi connectivity index (χ3n) is 4.94. The van der Waals surface area contributed by atoms with Crippen molar-refractivity contribution in [2.75, 3.05) is 45.8 Å². The summed E-state index contributed by atoms with van der Waals surface area (Å²) < 4.78 is 0. The third kappa shape index (κ3) is 5.23. The second-order valence-electron chi connectivity index (χ2n) is 7.48. The van der Waals surface area contributed by atoms with E-state index in [0.717, 1.165) is 26.2 Å². The monoisotopic (exact) mass is 336 g/mol. The molecule has 0 bridgehead atoms. The zero-order chi connectivity index (χ0) is 17.7. The minimum Gasteiger partial charge on any atom is -0.341 e. The van der Waals surface area contributed by atoms with E-state index in [1.54, 1.807) is 6.08 Å². The van der Waals surface area contributed by atoms with Crippen molar-refractivity contribution >= 4 is 11.9 Å². The number of amides is 3. The number of piperazine rings is 1. The van der Waals surface area contributed by atoms with Crippen molar-refractivity contribution in [2.24, 2.45) is 11.8 Å². The summed E-state index contributed by atoms with van der Waals surface area (Å²) in [6, 6.07) is -0.0766. The molecular weight excluding hydrogens is 304 g/mol. The molecule has 2 aliphatic heterocycles. The van der Waals surface area contributed by atoms with E-state index in [-0.39, 0.29) is 18.0 Å². The Kier molecular flexibility index (Phi) is 6.66. The smallest absolute Gasteiger partial charge is 0.317 e. The second kappa shape index (κ2) is 8.51. The van der Waals surface area contributed by atoms with Crippen LogP contribution in [0.25, 0.3) is 0 Å². The summed E-state index contributed by atoms with van der Waals surface area (Å²) >= 11 is 0. The maximum atomic E-state index is 12.5. The van der Waals surface area contributed by atoms with E-state index < -0.39 is 0 Å². The van der Waals surface area contributed by atoms with E-state index in [4.69, 9.17) is 0 Å². The number of hydrogen-bond donors (Lipinski definition) is 1. The first-order chi connectivity index (χ1) is 11.4. The van der Waals surface area contributed by atoms with Gasteiger partial charge in [-0.25, -0.2) is 4.79 Å². The first-order valence-electron chi connectivity index (χ1n) is 9.07. The van der Waals surface area contributed by atoms with Gasteiger partial charge < -0.3 is 15.1 Å². The first-order valence-corrected chi connectivity index (χ1v) is 9.07. The molecule has 2 fully saturated rings. The van der Waals surface area contributed by atoms with Crippen LogP contribution in [0.3, 0.4) is 0 Å². The standard InChI is InChI=1S/C18H32N4O2/c1-5-16(4)19-18(24)21-8-6-20(7-9-21)13-17(23)22-11-14(2)10-15(3)12-22/h5,14-16H,1,6-13H2,2-4H3,(H,19,24). The molecule has 0 spiro atoms. The van der Waals surface area contributed by atoms with Crippen LogP contribution in [-0.2, 0) is 4.79 Å². The van der Waals surface area contributed by atoms with Gasteiger partial charge in [0.25, 0.3) is 0 Å². The Morgan fingerprint density at radius 3 is 2.25 bits per heavy atom. The number of nitrogens with zero attached hydrogens (tertiary/aromatic N) is 3. The Morgan fingerprint density at radius 1 is 1.12 bits per heavy atom. The SMILES string of the molecule is C=CC(C)NC(=O)N1CCN(CC(=O)N2CC(C)CC(C)C2)CC1. The van der Waals surface area contributed by atoms with Gasteiger partial charge in [0.15, 0.2) is 0 Å². The Hall–Kier alpha value is -1.56. The fraction of sp³-hybridized carbons (Fsp3) is 0.778. The minimum atomic E-state index is -0.0490. The van der Waals surface area contributed by atoms with Crippen LogP contribution in [0.15, 0.2) is 12.7 Å². The van der Waals surface area contributed by atoms with Crippen LogP contribution in [0.5, 0.6) is 0 Å². The molecule has 0 radical (unpaired) electrons. The lowest BCUT2D eigenvalue weighted by molar-refractivity contribution is -0.135. The molecule has 6 nitrogen and oxygen atoms in total. The van der Waals surface area contributed by atoms with E-state index in [9.17, 15) is 9.59 Å². The van der Waals surface area contributed by atoms with Crippen molar-refractivity contribution in [3.8, 4) is 0 Å². The van der Waals surface area contributed by atoms with Crippen LogP contribution in [0.2, 0.25) is 0 Å². The highest BCUT2D eigenvalue weighted by Crippen LogP contribution is 2.21. The molecule has 3 amide bonds. The normalized spacial score (nSPS) is 26.8. The van der Waals surface area contributed by atoms with Gasteiger partial charge in [0.1, 0.15) is 0 Å². The number of carbonyl (C=O) groups excluding carboxylic acids is 2. The molecule has 136 valence electrons. The summed E-state index contributed by atoms with van der Waals surface area (Å²) in [5.41, 5.74) is 0.